The van der Waals surface area contributed by atoms with Crippen LogP contribution >= 0.6 is 0 Å². The van der Waals surface area contributed by atoms with E-state index in [1.807, 2.05) is 38.1 Å². The number of nitrogens with zero attached hydrogens (tertiary/aromatic N) is 3. The molecule has 0 radical (unpaired) electrons. The van der Waals surface area contributed by atoms with Crippen LogP contribution in [0.15, 0.2) is 46.9 Å². The second-order valence-corrected chi connectivity index (χ2v) is 11.7. The number of hydrogen-bond donors (Lipinski definition) is 2. The molecule has 3 atom stereocenters. The Morgan fingerprint density at radius 1 is 1.05 bits per heavy atom. The number of para-hydroxylation sites is 1. The molecule has 3 aromatic rings. The maximum Gasteiger partial charge on any atom is 0.437 e. The highest BCUT2D eigenvalue weighted by Crippen LogP contribution is 2.43. The fraction of sp³-hybridized carbons (Fsp3) is 0.419. The second kappa shape index (κ2) is 11.1. The van der Waals surface area contributed by atoms with Gasteiger partial charge in [0, 0.05) is 36.7 Å². The maximum absolute atomic E-state index is 13.8. The van der Waals surface area contributed by atoms with Crippen LogP contribution in [0.5, 0.6) is 0 Å². The topological polar surface area (TPSA) is 108 Å². The first-order valence-corrected chi connectivity index (χ1v) is 14.4. The zero-order valence-electron chi connectivity index (χ0n) is 23.8. The van der Waals surface area contributed by atoms with Crippen LogP contribution in [-0.2, 0) is 22.2 Å². The lowest BCUT2D eigenvalue weighted by Gasteiger charge is -2.29. The van der Waals surface area contributed by atoms with E-state index in [2.05, 4.69) is 15.6 Å². The average molecular weight is 596 g/mol. The Kier molecular flexibility index (Phi) is 7.39. The van der Waals surface area contributed by atoms with E-state index in [-0.39, 0.29) is 29.4 Å². The first kappa shape index (κ1) is 28.8. The summed E-state index contributed by atoms with van der Waals surface area (Å²) in [5, 5.41) is 5.41. The van der Waals surface area contributed by atoms with E-state index in [9.17, 15) is 27.6 Å². The van der Waals surface area contributed by atoms with Crippen LogP contribution < -0.4 is 20.4 Å². The number of fused-ring (bicyclic) bond motifs is 1. The smallest absolute Gasteiger partial charge is 0.417 e. The molecule has 9 nitrogen and oxygen atoms in total. The summed E-state index contributed by atoms with van der Waals surface area (Å²) in [5.41, 5.74) is 2.00. The molecule has 2 N–H and O–H groups in total. The number of carbonyl (C=O) groups excluding carboxylic acids is 3. The van der Waals surface area contributed by atoms with Crippen LogP contribution in [0.1, 0.15) is 53.6 Å². The van der Waals surface area contributed by atoms with Crippen LogP contribution in [0.2, 0.25) is 0 Å². The summed E-state index contributed by atoms with van der Waals surface area (Å²) < 4.78 is 46.8. The summed E-state index contributed by atoms with van der Waals surface area (Å²) in [6.45, 7) is 5.31. The van der Waals surface area contributed by atoms with Gasteiger partial charge in [0.25, 0.3) is 11.9 Å². The number of benzene rings is 2. The number of hydrogen-bond acceptors (Lipinski definition) is 6. The van der Waals surface area contributed by atoms with Crippen LogP contribution in [0.3, 0.4) is 0 Å². The number of aromatic nitrogens is 1. The number of oxazole rings is 1. The molecular weight excluding hydrogens is 563 g/mol. The van der Waals surface area contributed by atoms with Gasteiger partial charge in [-0.3, -0.25) is 14.4 Å². The molecule has 1 aromatic heterocycles. The van der Waals surface area contributed by atoms with Gasteiger partial charge in [0.05, 0.1) is 11.8 Å². The molecule has 43 heavy (non-hydrogen) atoms. The Bertz CT molecular complexity index is 1590. The predicted molar refractivity (Wildman–Crippen MR) is 154 cm³/mol. The summed E-state index contributed by atoms with van der Waals surface area (Å²) in [6.07, 6.45) is -2.14. The summed E-state index contributed by atoms with van der Waals surface area (Å²) in [4.78, 5) is 46.0. The van der Waals surface area contributed by atoms with E-state index < -0.39 is 35.4 Å². The first-order chi connectivity index (χ1) is 20.5. The van der Waals surface area contributed by atoms with Crippen LogP contribution in [0.25, 0.3) is 0 Å². The minimum Gasteiger partial charge on any atom is -0.417 e. The highest BCUT2D eigenvalue weighted by molar-refractivity contribution is 6.06. The number of rotatable bonds is 6. The van der Waals surface area contributed by atoms with Gasteiger partial charge < -0.3 is 24.9 Å². The molecule has 226 valence electrons. The van der Waals surface area contributed by atoms with Gasteiger partial charge in [0.1, 0.15) is 0 Å². The molecule has 3 aliphatic rings. The number of halogens is 3. The van der Waals surface area contributed by atoms with Crippen molar-refractivity contribution >= 4 is 40.8 Å². The van der Waals surface area contributed by atoms with E-state index in [0.29, 0.717) is 38.2 Å². The van der Waals surface area contributed by atoms with Gasteiger partial charge in [-0.05, 0) is 73.9 Å². The lowest BCUT2D eigenvalue weighted by molar-refractivity contribution is -0.141. The van der Waals surface area contributed by atoms with Crippen molar-refractivity contribution in [3.05, 3.63) is 65.0 Å². The summed E-state index contributed by atoms with van der Waals surface area (Å²) in [5.74, 6) is -2.82. The number of amides is 3. The molecule has 1 aliphatic carbocycles. The molecule has 0 spiro atoms. The lowest BCUT2D eigenvalue weighted by atomic mass is 10.0. The van der Waals surface area contributed by atoms with Gasteiger partial charge in [-0.2, -0.15) is 18.2 Å². The molecule has 2 aromatic carbocycles. The van der Waals surface area contributed by atoms with E-state index >= 15 is 0 Å². The Morgan fingerprint density at radius 3 is 2.58 bits per heavy atom. The monoisotopic (exact) mass is 595 g/mol. The lowest BCUT2D eigenvalue weighted by Crippen LogP contribution is -2.34. The van der Waals surface area contributed by atoms with Crippen molar-refractivity contribution in [1.29, 1.82) is 0 Å². The fourth-order valence-corrected chi connectivity index (χ4v) is 5.95. The second-order valence-electron chi connectivity index (χ2n) is 11.7. The van der Waals surface area contributed by atoms with E-state index in [1.54, 1.807) is 21.9 Å². The molecule has 12 heteroatoms. The third-order valence-electron chi connectivity index (χ3n) is 8.36. The van der Waals surface area contributed by atoms with E-state index in [1.165, 1.54) is 6.07 Å². The molecule has 1 saturated carbocycles. The largest absolute Gasteiger partial charge is 0.437 e. The molecule has 1 saturated heterocycles. The Labute approximate surface area is 246 Å². The number of aryl methyl sites for hydroxylation is 1. The number of anilines is 4. The third-order valence-corrected chi connectivity index (χ3v) is 8.36. The Hall–Kier alpha value is -4.35. The molecule has 1 unspecified atom stereocenters. The molecule has 2 fully saturated rings. The van der Waals surface area contributed by atoms with E-state index in [4.69, 9.17) is 4.42 Å². The molecule has 2 aliphatic heterocycles. The predicted octanol–water partition coefficient (Wildman–Crippen LogP) is 5.65. The molecule has 3 amide bonds. The van der Waals surface area contributed by atoms with Gasteiger partial charge in [0.2, 0.25) is 17.6 Å². The average Bonchev–Trinajstić information content (AvgIpc) is 3.44. The number of piperidine rings is 1. The summed E-state index contributed by atoms with van der Waals surface area (Å²) >= 11 is 0. The Morgan fingerprint density at radius 2 is 1.84 bits per heavy atom. The molecule has 3 heterocycles. The van der Waals surface area contributed by atoms with Crippen LogP contribution in [-0.4, -0.2) is 42.3 Å². The first-order valence-electron chi connectivity index (χ1n) is 14.4. The highest BCUT2D eigenvalue weighted by atomic mass is 19.4. The zero-order valence-corrected chi connectivity index (χ0v) is 23.8. The number of nitrogens with one attached hydrogen (secondary N) is 2. The fourth-order valence-electron chi connectivity index (χ4n) is 5.95. The van der Waals surface area contributed by atoms with E-state index in [0.717, 1.165) is 29.7 Å². The van der Waals surface area contributed by atoms with Gasteiger partial charge in [0.15, 0.2) is 5.69 Å². The Balaban J connectivity index is 1.13. The van der Waals surface area contributed by atoms with Crippen molar-refractivity contribution in [2.75, 3.05) is 40.1 Å². The summed E-state index contributed by atoms with van der Waals surface area (Å²) in [7, 11) is 0. The molecular formula is C31H32F3N5O4. The normalized spacial score (nSPS) is 21.4. The zero-order chi connectivity index (χ0) is 30.5. The van der Waals surface area contributed by atoms with Crippen molar-refractivity contribution in [1.82, 2.24) is 4.98 Å². The van der Waals surface area contributed by atoms with Crippen molar-refractivity contribution < 1.29 is 32.0 Å². The van der Waals surface area contributed by atoms with Crippen LogP contribution in [0, 0.1) is 24.7 Å². The molecule has 0 bridgehead atoms. The van der Waals surface area contributed by atoms with Gasteiger partial charge in [-0.15, -0.1) is 0 Å². The summed E-state index contributed by atoms with van der Waals surface area (Å²) in [6, 6.07) is 12.1. The van der Waals surface area contributed by atoms with Crippen LogP contribution in [0.4, 0.5) is 36.2 Å². The highest BCUT2D eigenvalue weighted by Gasteiger charge is 2.50. The SMILES string of the molecule is Cc1ccccc1NC(=O)[C@H]1C[C@@H]1C(=O)N1CCc2cc(NC(=O)c3oc(N4CCCC(C)C4)nc3C(F)(F)F)ccc21. The van der Waals surface area contributed by atoms with Gasteiger partial charge in [-0.25, -0.2) is 0 Å². The van der Waals surface area contributed by atoms with Crippen molar-refractivity contribution in [2.24, 2.45) is 17.8 Å². The van der Waals surface area contributed by atoms with Gasteiger partial charge in [-0.1, -0.05) is 25.1 Å². The molecule has 6 rings (SSSR count). The number of alkyl halides is 3. The quantitative estimate of drug-likeness (QED) is 0.381. The minimum absolute atomic E-state index is 0.142. The van der Waals surface area contributed by atoms with Crippen molar-refractivity contribution in [3.8, 4) is 0 Å². The number of carbonyl (C=O) groups is 3. The minimum atomic E-state index is -4.87. The standard InChI is InChI=1S/C31H32F3N5O4/c1-17-6-5-12-38(16-17)30-37-26(31(32,33)34)25(43-30)28(41)35-20-9-10-24-19(14-20)11-13-39(24)29(42)22-15-21(22)27(40)36-23-8-4-3-7-18(23)2/h3-4,7-10,14,17,21-22H,5-6,11-13,15-16H2,1-2H3,(H,35,41)(H,36,40)/t17?,21-,22-/m0/s1. The van der Waals surface area contributed by atoms with Gasteiger partial charge >= 0.3 is 6.18 Å². The maximum atomic E-state index is 13.8. The van der Waals surface area contributed by atoms with Crippen molar-refractivity contribution in [3.63, 3.8) is 0 Å². The third kappa shape index (κ3) is 5.82. The van der Waals surface area contributed by atoms with Crippen molar-refractivity contribution in [2.45, 2.75) is 45.7 Å².